The van der Waals surface area contributed by atoms with Crippen molar-refractivity contribution in [3.63, 3.8) is 0 Å². The van der Waals surface area contributed by atoms with Gasteiger partial charge >= 0.3 is 0 Å². The average molecular weight is 290 g/mol. The number of aromatic nitrogens is 1. The van der Waals surface area contributed by atoms with Crippen LogP contribution in [0.15, 0.2) is 23.2 Å². The summed E-state index contributed by atoms with van der Waals surface area (Å²) in [5.74, 6) is 0.327. The van der Waals surface area contributed by atoms with Gasteiger partial charge in [-0.25, -0.2) is 18.5 Å². The maximum absolute atomic E-state index is 11.0. The van der Waals surface area contributed by atoms with E-state index in [4.69, 9.17) is 19.3 Å². The molecule has 1 aromatic rings. The minimum absolute atomic E-state index is 0.0457. The van der Waals surface area contributed by atoms with E-state index in [0.717, 1.165) is 12.6 Å². The normalized spacial score (nSPS) is 11.5. The third-order valence-corrected chi connectivity index (χ3v) is 3.05. The van der Waals surface area contributed by atoms with Crippen molar-refractivity contribution in [2.75, 3.05) is 33.5 Å². The first-order valence-electron chi connectivity index (χ1n) is 5.72. The summed E-state index contributed by atoms with van der Waals surface area (Å²) in [5, 5.41) is 4.95. The standard InChI is InChI=1S/C11H18N2O5S/c1-16-5-2-6-17-7-8-18-11-4-3-10(9-13-11)19(12,14)15/h3-4,9H,2,5-8H2,1H3,(H2,12,14,15). The predicted molar refractivity (Wildman–Crippen MR) is 68.4 cm³/mol. The van der Waals surface area contributed by atoms with E-state index < -0.39 is 10.0 Å². The van der Waals surface area contributed by atoms with Crippen LogP contribution in [0.2, 0.25) is 0 Å². The molecule has 0 spiro atoms. The number of hydrogen-bond acceptors (Lipinski definition) is 6. The topological polar surface area (TPSA) is 101 Å². The molecule has 19 heavy (non-hydrogen) atoms. The molecule has 0 saturated carbocycles. The number of ether oxygens (including phenoxy) is 3. The van der Waals surface area contributed by atoms with Crippen LogP contribution >= 0.6 is 0 Å². The van der Waals surface area contributed by atoms with Crippen LogP contribution < -0.4 is 9.88 Å². The second kappa shape index (κ2) is 8.05. The fourth-order valence-electron chi connectivity index (χ4n) is 1.23. The molecule has 0 aliphatic carbocycles. The van der Waals surface area contributed by atoms with Crippen LogP contribution in [0.1, 0.15) is 6.42 Å². The first kappa shape index (κ1) is 15.8. The summed E-state index contributed by atoms with van der Waals surface area (Å²) in [5.41, 5.74) is 0. The summed E-state index contributed by atoms with van der Waals surface area (Å²) in [7, 11) is -2.07. The fourth-order valence-corrected chi connectivity index (χ4v) is 1.69. The molecule has 0 aliphatic heterocycles. The zero-order valence-electron chi connectivity index (χ0n) is 10.7. The van der Waals surface area contributed by atoms with Crippen LogP contribution in [0.4, 0.5) is 0 Å². The highest BCUT2D eigenvalue weighted by Gasteiger charge is 2.07. The maximum atomic E-state index is 11.0. The number of rotatable bonds is 9. The lowest BCUT2D eigenvalue weighted by atomic mass is 10.5. The Morgan fingerprint density at radius 2 is 2.00 bits per heavy atom. The average Bonchev–Trinajstić information content (AvgIpc) is 2.37. The monoisotopic (exact) mass is 290 g/mol. The second-order valence-electron chi connectivity index (χ2n) is 3.68. The molecule has 0 unspecified atom stereocenters. The van der Waals surface area contributed by atoms with Gasteiger partial charge in [0.2, 0.25) is 15.9 Å². The SMILES string of the molecule is COCCCOCCOc1ccc(S(N)(=O)=O)cn1. The van der Waals surface area contributed by atoms with Crippen LogP contribution in [-0.4, -0.2) is 46.9 Å². The molecule has 0 atom stereocenters. The smallest absolute Gasteiger partial charge is 0.239 e. The highest BCUT2D eigenvalue weighted by Crippen LogP contribution is 2.10. The van der Waals surface area contributed by atoms with Crippen LogP contribution in [0.5, 0.6) is 5.88 Å². The number of primary sulfonamides is 1. The van der Waals surface area contributed by atoms with Gasteiger partial charge in [0.05, 0.1) is 12.8 Å². The van der Waals surface area contributed by atoms with E-state index in [1.807, 2.05) is 0 Å². The summed E-state index contributed by atoms with van der Waals surface area (Å²) >= 11 is 0. The molecule has 8 heteroatoms. The Kier molecular flexibility index (Phi) is 6.71. The summed E-state index contributed by atoms with van der Waals surface area (Å²) in [6.45, 7) is 2.05. The molecule has 0 radical (unpaired) electrons. The van der Waals surface area contributed by atoms with E-state index >= 15 is 0 Å². The lowest BCUT2D eigenvalue weighted by molar-refractivity contribution is 0.0795. The molecule has 0 aliphatic rings. The first-order chi connectivity index (χ1) is 9.04. The quantitative estimate of drug-likeness (QED) is 0.650. The Bertz CT molecular complexity index is 460. The summed E-state index contributed by atoms with van der Waals surface area (Å²) < 4.78 is 37.4. The Morgan fingerprint density at radius 1 is 1.21 bits per heavy atom. The largest absolute Gasteiger partial charge is 0.475 e. The van der Waals surface area contributed by atoms with Crippen molar-refractivity contribution in [3.05, 3.63) is 18.3 Å². The van der Waals surface area contributed by atoms with Gasteiger partial charge in [-0.2, -0.15) is 0 Å². The number of methoxy groups -OCH3 is 1. The zero-order chi connectivity index (χ0) is 14.1. The predicted octanol–water partition coefficient (Wildman–Crippen LogP) is 0.161. The van der Waals surface area contributed by atoms with E-state index in [-0.39, 0.29) is 4.90 Å². The van der Waals surface area contributed by atoms with E-state index in [1.165, 1.54) is 12.1 Å². The first-order valence-corrected chi connectivity index (χ1v) is 7.27. The number of pyridine rings is 1. The van der Waals surface area contributed by atoms with Crippen molar-refractivity contribution in [1.82, 2.24) is 4.98 Å². The second-order valence-corrected chi connectivity index (χ2v) is 5.25. The third kappa shape index (κ3) is 6.48. The lowest BCUT2D eigenvalue weighted by Gasteiger charge is -2.06. The van der Waals surface area contributed by atoms with Crippen molar-refractivity contribution in [1.29, 1.82) is 0 Å². The summed E-state index contributed by atoms with van der Waals surface area (Å²) in [4.78, 5) is 3.79. The van der Waals surface area contributed by atoms with Gasteiger partial charge in [0.25, 0.3) is 0 Å². The molecule has 1 aromatic heterocycles. The number of nitrogens with zero attached hydrogens (tertiary/aromatic N) is 1. The van der Waals surface area contributed by atoms with Crippen molar-refractivity contribution in [2.45, 2.75) is 11.3 Å². The molecule has 0 bridgehead atoms. The van der Waals surface area contributed by atoms with Crippen LogP contribution in [0, 0.1) is 0 Å². The Balaban J connectivity index is 2.23. The zero-order valence-corrected chi connectivity index (χ0v) is 11.6. The molecule has 0 fully saturated rings. The lowest BCUT2D eigenvalue weighted by Crippen LogP contribution is -2.13. The number of sulfonamides is 1. The van der Waals surface area contributed by atoms with Gasteiger partial charge in [-0.1, -0.05) is 0 Å². The molecular weight excluding hydrogens is 272 g/mol. The molecule has 0 saturated heterocycles. The minimum atomic E-state index is -3.71. The molecule has 2 N–H and O–H groups in total. The van der Waals surface area contributed by atoms with E-state index in [9.17, 15) is 8.42 Å². The Labute approximate surface area is 112 Å². The molecule has 0 aromatic carbocycles. The molecule has 1 heterocycles. The van der Waals surface area contributed by atoms with Crippen molar-refractivity contribution >= 4 is 10.0 Å². The van der Waals surface area contributed by atoms with Crippen molar-refractivity contribution in [3.8, 4) is 5.88 Å². The van der Waals surface area contributed by atoms with Crippen molar-refractivity contribution < 1.29 is 22.6 Å². The maximum Gasteiger partial charge on any atom is 0.239 e. The molecule has 0 amide bonds. The van der Waals surface area contributed by atoms with Gasteiger partial charge in [-0.05, 0) is 12.5 Å². The molecule has 1 rings (SSSR count). The van der Waals surface area contributed by atoms with E-state index in [1.54, 1.807) is 7.11 Å². The van der Waals surface area contributed by atoms with Gasteiger partial charge in [0.15, 0.2) is 0 Å². The highest BCUT2D eigenvalue weighted by atomic mass is 32.2. The fraction of sp³-hybridized carbons (Fsp3) is 0.545. The van der Waals surface area contributed by atoms with E-state index in [2.05, 4.69) is 4.98 Å². The Hall–Kier alpha value is -1.22. The van der Waals surface area contributed by atoms with Gasteiger partial charge < -0.3 is 14.2 Å². The van der Waals surface area contributed by atoms with Gasteiger partial charge in [-0.15, -0.1) is 0 Å². The Morgan fingerprint density at radius 3 is 2.58 bits per heavy atom. The third-order valence-electron chi connectivity index (χ3n) is 2.15. The van der Waals surface area contributed by atoms with Gasteiger partial charge in [-0.3, -0.25) is 0 Å². The van der Waals surface area contributed by atoms with Gasteiger partial charge in [0, 0.05) is 26.4 Å². The van der Waals surface area contributed by atoms with Crippen LogP contribution in [-0.2, 0) is 19.5 Å². The van der Waals surface area contributed by atoms with E-state index in [0.29, 0.717) is 32.3 Å². The molecule has 108 valence electrons. The molecule has 7 nitrogen and oxygen atoms in total. The van der Waals surface area contributed by atoms with Gasteiger partial charge in [0.1, 0.15) is 11.5 Å². The number of nitrogens with two attached hydrogens (primary N) is 1. The van der Waals surface area contributed by atoms with Crippen LogP contribution in [0.3, 0.4) is 0 Å². The van der Waals surface area contributed by atoms with Crippen molar-refractivity contribution in [2.24, 2.45) is 5.14 Å². The minimum Gasteiger partial charge on any atom is -0.475 e. The summed E-state index contributed by atoms with van der Waals surface area (Å²) in [6.07, 6.45) is 1.99. The highest BCUT2D eigenvalue weighted by molar-refractivity contribution is 7.89. The molecular formula is C11H18N2O5S. The van der Waals surface area contributed by atoms with Crippen LogP contribution in [0.25, 0.3) is 0 Å². The summed E-state index contributed by atoms with van der Waals surface area (Å²) in [6, 6.07) is 2.79. The number of hydrogen-bond donors (Lipinski definition) is 1.